The number of aryl methyl sites for hydroxylation is 2. The van der Waals surface area contributed by atoms with Crippen LogP contribution in [0.2, 0.25) is 0 Å². The maximum absolute atomic E-state index is 13.0. The molecule has 11 heteroatoms. The van der Waals surface area contributed by atoms with Crippen LogP contribution in [0.25, 0.3) is 0 Å². The van der Waals surface area contributed by atoms with Crippen molar-refractivity contribution in [3.05, 3.63) is 41.8 Å². The van der Waals surface area contributed by atoms with Gasteiger partial charge in [0.25, 0.3) is 0 Å². The minimum absolute atomic E-state index is 0.0596. The molecule has 0 atom stereocenters. The number of nitrogens with two attached hydrogens (primary N) is 1. The number of rotatable bonds is 8. The van der Waals surface area contributed by atoms with E-state index in [0.29, 0.717) is 24.5 Å². The van der Waals surface area contributed by atoms with Crippen molar-refractivity contribution in [3.8, 4) is 0 Å². The average Bonchev–Trinajstić information content (AvgIpc) is 3.08. The van der Waals surface area contributed by atoms with Gasteiger partial charge in [0.2, 0.25) is 21.8 Å². The van der Waals surface area contributed by atoms with Crippen LogP contribution >= 0.6 is 0 Å². The van der Waals surface area contributed by atoms with Crippen LogP contribution in [0.4, 0.5) is 5.69 Å². The van der Waals surface area contributed by atoms with Gasteiger partial charge in [-0.1, -0.05) is 23.4 Å². The minimum Gasteiger partial charge on any atom is -0.370 e. The van der Waals surface area contributed by atoms with Gasteiger partial charge in [-0.15, -0.1) is 0 Å². The number of piperazine rings is 1. The number of primary amides is 1. The van der Waals surface area contributed by atoms with Crippen molar-refractivity contribution in [1.29, 1.82) is 0 Å². The lowest BCUT2D eigenvalue weighted by Gasteiger charge is -2.34. The van der Waals surface area contributed by atoms with E-state index in [1.807, 2.05) is 23.1 Å². The van der Waals surface area contributed by atoms with E-state index in [2.05, 4.69) is 5.16 Å². The quantitative estimate of drug-likeness (QED) is 0.621. The average molecular weight is 450 g/mol. The highest BCUT2D eigenvalue weighted by Gasteiger charge is 2.34. The third kappa shape index (κ3) is 5.30. The summed E-state index contributed by atoms with van der Waals surface area (Å²) in [6.07, 6.45) is 0.0596. The molecule has 10 nitrogen and oxygen atoms in total. The number of amides is 2. The highest BCUT2D eigenvalue weighted by Crippen LogP contribution is 2.24. The first kappa shape index (κ1) is 22.9. The Bertz CT molecular complexity index is 1010. The summed E-state index contributed by atoms with van der Waals surface area (Å²) in [5.74, 6) is -0.385. The number of carbonyl (C=O) groups is 2. The Morgan fingerprint density at radius 3 is 2.32 bits per heavy atom. The fourth-order valence-corrected chi connectivity index (χ4v) is 5.32. The first-order chi connectivity index (χ1) is 14.7. The molecule has 0 spiro atoms. The number of hydrogen-bond donors (Lipinski definition) is 1. The number of sulfonamides is 1. The van der Waals surface area contributed by atoms with Crippen molar-refractivity contribution >= 4 is 27.5 Å². The molecule has 0 saturated carbocycles. The zero-order valence-electron chi connectivity index (χ0n) is 17.7. The molecule has 0 bridgehead atoms. The molecule has 2 heterocycles. The highest BCUT2D eigenvalue weighted by atomic mass is 32.2. The molecule has 31 heavy (non-hydrogen) atoms. The fourth-order valence-electron chi connectivity index (χ4n) is 3.60. The molecule has 2 aromatic rings. The maximum atomic E-state index is 13.0. The molecule has 1 aliphatic rings. The molecule has 1 aliphatic heterocycles. The van der Waals surface area contributed by atoms with E-state index < -0.39 is 15.9 Å². The van der Waals surface area contributed by atoms with Gasteiger partial charge in [0, 0.05) is 44.8 Å². The van der Waals surface area contributed by atoms with Crippen LogP contribution in [0.15, 0.2) is 39.8 Å². The van der Waals surface area contributed by atoms with Gasteiger partial charge in [0.05, 0.1) is 6.54 Å². The zero-order chi connectivity index (χ0) is 22.6. The van der Waals surface area contributed by atoms with E-state index in [0.717, 1.165) is 0 Å². The van der Waals surface area contributed by atoms with Crippen LogP contribution in [0, 0.1) is 13.8 Å². The molecule has 1 fully saturated rings. The first-order valence-corrected chi connectivity index (χ1v) is 11.4. The van der Waals surface area contributed by atoms with Gasteiger partial charge in [0.1, 0.15) is 10.6 Å². The predicted octanol–water partition coefficient (Wildman–Crippen LogP) is 0.506. The Labute approximate surface area is 181 Å². The number of carbonyl (C=O) groups excluding carboxylic acids is 2. The van der Waals surface area contributed by atoms with E-state index in [1.165, 1.54) is 9.21 Å². The number of nitrogens with zero attached hydrogens (tertiary/aromatic N) is 4. The van der Waals surface area contributed by atoms with Crippen LogP contribution in [-0.2, 0) is 19.6 Å². The van der Waals surface area contributed by atoms with Gasteiger partial charge in [-0.25, -0.2) is 8.42 Å². The van der Waals surface area contributed by atoms with Crippen LogP contribution in [-0.4, -0.2) is 73.9 Å². The van der Waals surface area contributed by atoms with Crippen LogP contribution in [0.1, 0.15) is 17.9 Å². The van der Waals surface area contributed by atoms with Gasteiger partial charge in [0.15, 0.2) is 5.76 Å². The summed E-state index contributed by atoms with van der Waals surface area (Å²) in [6, 6.07) is 9.08. The monoisotopic (exact) mass is 449 g/mol. The molecule has 0 unspecified atom stereocenters. The summed E-state index contributed by atoms with van der Waals surface area (Å²) in [5, 5.41) is 3.74. The summed E-state index contributed by atoms with van der Waals surface area (Å²) < 4.78 is 32.3. The number of benzene rings is 1. The summed E-state index contributed by atoms with van der Waals surface area (Å²) in [7, 11) is -3.71. The second-order valence-corrected chi connectivity index (χ2v) is 9.31. The molecule has 2 amide bonds. The molecule has 1 aromatic carbocycles. The summed E-state index contributed by atoms with van der Waals surface area (Å²) >= 11 is 0. The number of para-hydroxylation sites is 1. The highest BCUT2D eigenvalue weighted by molar-refractivity contribution is 7.89. The molecule has 1 saturated heterocycles. The molecular formula is C20H27N5O5S. The Kier molecular flexibility index (Phi) is 7.08. The van der Waals surface area contributed by atoms with Gasteiger partial charge in [-0.3, -0.25) is 14.5 Å². The van der Waals surface area contributed by atoms with E-state index in [9.17, 15) is 18.0 Å². The second-order valence-electron chi connectivity index (χ2n) is 7.43. The van der Waals surface area contributed by atoms with Crippen molar-refractivity contribution in [2.75, 3.05) is 44.2 Å². The number of aromatic nitrogens is 1. The Hall–Kier alpha value is -2.76. The van der Waals surface area contributed by atoms with Gasteiger partial charge in [-0.05, 0) is 26.0 Å². The zero-order valence-corrected chi connectivity index (χ0v) is 18.5. The van der Waals surface area contributed by atoms with Crippen LogP contribution in [0.3, 0.4) is 0 Å². The number of hydrogen-bond acceptors (Lipinski definition) is 7. The van der Waals surface area contributed by atoms with Crippen LogP contribution < -0.4 is 10.6 Å². The normalized spacial score (nSPS) is 15.7. The third-order valence-electron chi connectivity index (χ3n) is 5.21. The standard InChI is InChI=1S/C20H27N5O5S/c1-15-20(16(2)30-22-15)31(28,29)24-12-10-23(11-13-24)14-19(27)25(9-8-18(21)26)17-6-4-3-5-7-17/h3-7H,8-14H2,1-2H3,(H2,21,26). The fraction of sp³-hybridized carbons (Fsp3) is 0.450. The summed E-state index contributed by atoms with van der Waals surface area (Å²) in [4.78, 5) is 27.7. The first-order valence-electron chi connectivity index (χ1n) is 9.99. The SMILES string of the molecule is Cc1noc(C)c1S(=O)(=O)N1CCN(CC(=O)N(CCC(N)=O)c2ccccc2)CC1. The molecule has 168 valence electrons. The topological polar surface area (TPSA) is 130 Å². The van der Waals surface area contributed by atoms with Crippen molar-refractivity contribution in [2.24, 2.45) is 5.73 Å². The lowest BCUT2D eigenvalue weighted by molar-refractivity contribution is -0.120. The Morgan fingerprint density at radius 1 is 1.13 bits per heavy atom. The summed E-state index contributed by atoms with van der Waals surface area (Å²) in [6.45, 7) is 4.82. The van der Waals surface area contributed by atoms with Gasteiger partial charge >= 0.3 is 0 Å². The lowest BCUT2D eigenvalue weighted by Crippen LogP contribution is -2.51. The van der Waals surface area contributed by atoms with Crippen molar-refractivity contribution in [2.45, 2.75) is 25.2 Å². The van der Waals surface area contributed by atoms with Crippen molar-refractivity contribution < 1.29 is 22.5 Å². The molecule has 3 rings (SSSR count). The Morgan fingerprint density at radius 2 is 1.77 bits per heavy atom. The lowest BCUT2D eigenvalue weighted by atomic mass is 10.2. The van der Waals surface area contributed by atoms with Crippen molar-refractivity contribution in [1.82, 2.24) is 14.4 Å². The van der Waals surface area contributed by atoms with Gasteiger partial charge in [-0.2, -0.15) is 4.31 Å². The van der Waals surface area contributed by atoms with E-state index in [1.54, 1.807) is 26.0 Å². The van der Waals surface area contributed by atoms with E-state index in [4.69, 9.17) is 10.3 Å². The van der Waals surface area contributed by atoms with Crippen molar-refractivity contribution in [3.63, 3.8) is 0 Å². The molecular weight excluding hydrogens is 422 g/mol. The van der Waals surface area contributed by atoms with E-state index >= 15 is 0 Å². The molecule has 1 aromatic heterocycles. The smallest absolute Gasteiger partial charge is 0.248 e. The maximum Gasteiger partial charge on any atom is 0.248 e. The van der Waals surface area contributed by atoms with E-state index in [-0.39, 0.29) is 49.2 Å². The largest absolute Gasteiger partial charge is 0.370 e. The Balaban J connectivity index is 1.64. The minimum atomic E-state index is -3.71. The second kappa shape index (κ2) is 9.58. The summed E-state index contributed by atoms with van der Waals surface area (Å²) in [5.41, 5.74) is 6.28. The predicted molar refractivity (Wildman–Crippen MR) is 114 cm³/mol. The van der Waals surface area contributed by atoms with Crippen LogP contribution in [0.5, 0.6) is 0 Å². The molecule has 0 aliphatic carbocycles. The molecule has 2 N–H and O–H groups in total. The molecule has 0 radical (unpaired) electrons. The third-order valence-corrected chi connectivity index (χ3v) is 7.35. The van der Waals surface area contributed by atoms with Gasteiger partial charge < -0.3 is 15.2 Å². The number of anilines is 1.